The predicted octanol–water partition coefficient (Wildman–Crippen LogP) is 0.338. The monoisotopic (exact) mass is 152 g/mol. The molecule has 0 saturated heterocycles. The number of hydrogen-bond acceptors (Lipinski definition) is 6. The van der Waals surface area contributed by atoms with Gasteiger partial charge in [-0.05, 0) is 0 Å². The van der Waals surface area contributed by atoms with E-state index >= 15 is 0 Å². The zero-order valence-corrected chi connectivity index (χ0v) is 5.06. The van der Waals surface area contributed by atoms with Gasteiger partial charge in [-0.1, -0.05) is 6.58 Å². The van der Waals surface area contributed by atoms with Crippen molar-refractivity contribution < 1.29 is 30.4 Å². The molecule has 0 radical (unpaired) electrons. The lowest BCUT2D eigenvalue weighted by Gasteiger charge is -2.09. The highest BCUT2D eigenvalue weighted by molar-refractivity contribution is 4.90. The maximum Gasteiger partial charge on any atom is 0.179 e. The van der Waals surface area contributed by atoms with Gasteiger partial charge in [0.05, 0.1) is 0 Å². The van der Waals surface area contributed by atoms with Crippen molar-refractivity contribution in [2.75, 3.05) is 6.61 Å². The molecule has 1 atom stereocenters. The van der Waals surface area contributed by atoms with Crippen LogP contribution in [-0.4, -0.2) is 28.5 Å². The largest absolute Gasteiger partial charge is 0.342 e. The third-order valence-corrected chi connectivity index (χ3v) is 0.830. The summed E-state index contributed by atoms with van der Waals surface area (Å²) in [4.78, 5) is 10.8. The van der Waals surface area contributed by atoms with E-state index in [1.54, 1.807) is 0 Å². The molecule has 0 rings (SSSR count). The molecule has 0 aliphatic carbocycles. The van der Waals surface area contributed by atoms with E-state index in [2.05, 4.69) is 21.2 Å². The molecule has 6 heteroatoms. The first-order valence-corrected chi connectivity index (χ1v) is 2.33. The maximum atomic E-state index is 8.02. The van der Waals surface area contributed by atoms with Crippen molar-refractivity contribution >= 4 is 0 Å². The van der Waals surface area contributed by atoms with Gasteiger partial charge in [0.25, 0.3) is 0 Å². The summed E-state index contributed by atoms with van der Waals surface area (Å²) < 4.78 is 0. The van der Waals surface area contributed by atoms with Crippen LogP contribution in [0, 0.1) is 0 Å². The molecule has 6 nitrogen and oxygen atoms in total. The van der Waals surface area contributed by atoms with Gasteiger partial charge >= 0.3 is 0 Å². The Balaban J connectivity index is 3.68. The van der Waals surface area contributed by atoms with Crippen LogP contribution >= 0.6 is 0 Å². The van der Waals surface area contributed by atoms with Crippen LogP contribution in [0.15, 0.2) is 12.3 Å². The zero-order chi connectivity index (χ0) is 7.98. The van der Waals surface area contributed by atoms with Gasteiger partial charge in [0.2, 0.25) is 0 Å². The van der Waals surface area contributed by atoms with Crippen LogP contribution in [0.5, 0.6) is 0 Å². The molecular formula is C4H8O6. The summed E-state index contributed by atoms with van der Waals surface area (Å²) in [7, 11) is 0. The minimum absolute atomic E-state index is 0.267. The van der Waals surface area contributed by atoms with Crippen LogP contribution in [0.3, 0.4) is 0 Å². The van der Waals surface area contributed by atoms with E-state index in [0.717, 1.165) is 0 Å². The van der Waals surface area contributed by atoms with Crippen LogP contribution < -0.4 is 0 Å². The minimum Gasteiger partial charge on any atom is -0.342 e. The molecule has 0 heterocycles. The Morgan fingerprint density at radius 1 is 1.40 bits per heavy atom. The molecule has 0 aromatic rings. The molecule has 0 saturated carbocycles. The lowest BCUT2D eigenvalue weighted by molar-refractivity contribution is -0.336. The second kappa shape index (κ2) is 5.15. The molecule has 0 aromatic carbocycles. The van der Waals surface area contributed by atoms with E-state index in [1.165, 1.54) is 0 Å². The van der Waals surface area contributed by atoms with E-state index < -0.39 is 6.10 Å². The summed E-state index contributed by atoms with van der Waals surface area (Å²) in [5, 5.41) is 23.8. The summed E-state index contributed by atoms with van der Waals surface area (Å²) in [6, 6.07) is 0. The SMILES string of the molecule is C=C(OO)C(COO)OO. The highest BCUT2D eigenvalue weighted by Gasteiger charge is 2.15. The highest BCUT2D eigenvalue weighted by Crippen LogP contribution is 2.03. The average molecular weight is 152 g/mol. The van der Waals surface area contributed by atoms with Crippen LogP contribution in [0.25, 0.3) is 0 Å². The van der Waals surface area contributed by atoms with E-state index in [1.807, 2.05) is 0 Å². The topological polar surface area (TPSA) is 88.4 Å². The third kappa shape index (κ3) is 2.76. The van der Waals surface area contributed by atoms with Gasteiger partial charge in [0, 0.05) is 0 Å². The molecule has 0 aliphatic heterocycles. The molecule has 3 N–H and O–H groups in total. The summed E-state index contributed by atoms with van der Waals surface area (Å²) in [5.41, 5.74) is 0. The van der Waals surface area contributed by atoms with Gasteiger partial charge in [-0.25, -0.2) is 15.0 Å². The Kier molecular flexibility index (Phi) is 4.81. The molecular weight excluding hydrogens is 144 g/mol. The fourth-order valence-electron chi connectivity index (χ4n) is 0.309. The molecule has 0 fully saturated rings. The van der Waals surface area contributed by atoms with Gasteiger partial charge in [-0.2, -0.15) is 0 Å². The molecule has 10 heavy (non-hydrogen) atoms. The average Bonchev–Trinajstić information content (AvgIpc) is 1.99. The molecule has 0 amide bonds. The highest BCUT2D eigenvalue weighted by atomic mass is 17.1. The standard InChI is InChI=1S/C4H8O6/c1-3(9-6)4(10-7)2-8-5/h4-7H,1-2H2. The van der Waals surface area contributed by atoms with Crippen molar-refractivity contribution in [3.8, 4) is 0 Å². The van der Waals surface area contributed by atoms with E-state index in [-0.39, 0.29) is 12.4 Å². The Labute approximate surface area is 56.7 Å². The summed E-state index contributed by atoms with van der Waals surface area (Å²) >= 11 is 0. The lowest BCUT2D eigenvalue weighted by atomic mass is 10.3. The van der Waals surface area contributed by atoms with Crippen molar-refractivity contribution in [2.24, 2.45) is 0 Å². The summed E-state index contributed by atoms with van der Waals surface area (Å²) in [6.07, 6.45) is -1.10. The van der Waals surface area contributed by atoms with E-state index in [9.17, 15) is 0 Å². The molecule has 60 valence electrons. The Morgan fingerprint density at radius 3 is 2.30 bits per heavy atom. The van der Waals surface area contributed by atoms with Crippen LogP contribution in [0.1, 0.15) is 0 Å². The number of hydrogen-bond donors (Lipinski definition) is 3. The molecule has 0 aliphatic rings. The van der Waals surface area contributed by atoms with Crippen LogP contribution in [0.2, 0.25) is 0 Å². The van der Waals surface area contributed by atoms with Crippen molar-refractivity contribution in [2.45, 2.75) is 6.10 Å². The van der Waals surface area contributed by atoms with Gasteiger partial charge in [-0.3, -0.25) is 10.5 Å². The van der Waals surface area contributed by atoms with Gasteiger partial charge in [-0.15, -0.1) is 0 Å². The van der Waals surface area contributed by atoms with Crippen molar-refractivity contribution in [1.82, 2.24) is 0 Å². The molecule has 0 bridgehead atoms. The van der Waals surface area contributed by atoms with Crippen LogP contribution in [-0.2, 0) is 14.7 Å². The molecule has 0 aromatic heterocycles. The first-order chi connectivity index (χ1) is 4.76. The van der Waals surface area contributed by atoms with E-state index in [4.69, 9.17) is 15.8 Å². The van der Waals surface area contributed by atoms with Gasteiger partial charge in [0.15, 0.2) is 11.9 Å². The second-order valence-corrected chi connectivity index (χ2v) is 1.45. The fourth-order valence-corrected chi connectivity index (χ4v) is 0.309. The Hall–Kier alpha value is -0.660. The second-order valence-electron chi connectivity index (χ2n) is 1.45. The van der Waals surface area contributed by atoms with E-state index in [0.29, 0.717) is 0 Å². The lowest BCUT2D eigenvalue weighted by Crippen LogP contribution is -2.20. The van der Waals surface area contributed by atoms with Crippen molar-refractivity contribution in [3.05, 3.63) is 12.3 Å². The summed E-state index contributed by atoms with van der Waals surface area (Å²) in [5.74, 6) is -0.267. The first-order valence-electron chi connectivity index (χ1n) is 2.33. The molecule has 0 spiro atoms. The Morgan fingerprint density at radius 2 is 2.00 bits per heavy atom. The maximum absolute atomic E-state index is 8.02. The predicted molar refractivity (Wildman–Crippen MR) is 28.9 cm³/mol. The van der Waals surface area contributed by atoms with Crippen molar-refractivity contribution in [1.29, 1.82) is 0 Å². The summed E-state index contributed by atoms with van der Waals surface area (Å²) in [6.45, 7) is 2.74. The third-order valence-electron chi connectivity index (χ3n) is 0.830. The fraction of sp³-hybridized carbons (Fsp3) is 0.500. The van der Waals surface area contributed by atoms with Gasteiger partial charge < -0.3 is 4.89 Å². The van der Waals surface area contributed by atoms with Gasteiger partial charge in [0.1, 0.15) is 6.61 Å². The zero-order valence-electron chi connectivity index (χ0n) is 5.06. The Bertz CT molecular complexity index is 102. The smallest absolute Gasteiger partial charge is 0.179 e. The molecule has 1 unspecified atom stereocenters. The quantitative estimate of drug-likeness (QED) is 0.299. The first kappa shape index (κ1) is 9.34. The van der Waals surface area contributed by atoms with Crippen molar-refractivity contribution in [3.63, 3.8) is 0 Å². The van der Waals surface area contributed by atoms with Crippen LogP contribution in [0.4, 0.5) is 0 Å². The normalized spacial score (nSPS) is 12.7. The minimum atomic E-state index is -1.10. The number of rotatable bonds is 5.